The van der Waals surface area contributed by atoms with Gasteiger partial charge in [0.2, 0.25) is 11.6 Å². The van der Waals surface area contributed by atoms with Crippen molar-refractivity contribution in [1.29, 1.82) is 0 Å². The third kappa shape index (κ3) is 1.86. The third-order valence-corrected chi connectivity index (χ3v) is 3.80. The fourth-order valence-electron chi connectivity index (χ4n) is 2.69. The molecular weight excluding hydrogens is 312 g/mol. The Morgan fingerprint density at radius 1 is 0.958 bits per heavy atom. The monoisotopic (exact) mass is 320 g/mol. The lowest BCUT2D eigenvalue weighted by atomic mass is 9.90. The summed E-state index contributed by atoms with van der Waals surface area (Å²) >= 11 is 0. The largest absolute Gasteiger partial charge is 0.287 e. The number of carbonyl (C=O) groups is 2. The van der Waals surface area contributed by atoms with Gasteiger partial charge in [0.05, 0.1) is 10.6 Å². The number of nitrogens with zero attached hydrogens (tertiary/aromatic N) is 4. The van der Waals surface area contributed by atoms with Crippen molar-refractivity contribution in [2.45, 2.75) is 0 Å². The van der Waals surface area contributed by atoms with Gasteiger partial charge in [-0.05, 0) is 6.07 Å². The van der Waals surface area contributed by atoms with Gasteiger partial charge in [-0.2, -0.15) is 0 Å². The van der Waals surface area contributed by atoms with Gasteiger partial charge in [-0.1, -0.05) is 35.5 Å². The van der Waals surface area contributed by atoms with Gasteiger partial charge in [-0.3, -0.25) is 19.7 Å². The fourth-order valence-corrected chi connectivity index (χ4v) is 2.69. The lowest BCUT2D eigenvalue weighted by molar-refractivity contribution is -0.384. The van der Waals surface area contributed by atoms with Crippen molar-refractivity contribution in [3.05, 3.63) is 81.2 Å². The number of aromatic nitrogens is 3. The zero-order valence-corrected chi connectivity index (χ0v) is 12.0. The van der Waals surface area contributed by atoms with Gasteiger partial charge < -0.3 is 0 Å². The number of ketones is 2. The Morgan fingerprint density at radius 3 is 2.38 bits per heavy atom. The van der Waals surface area contributed by atoms with Crippen LogP contribution in [0.25, 0.3) is 5.69 Å². The predicted molar refractivity (Wildman–Crippen MR) is 81.3 cm³/mol. The Hall–Kier alpha value is -3.68. The summed E-state index contributed by atoms with van der Waals surface area (Å²) in [5, 5.41) is 18.6. The van der Waals surface area contributed by atoms with Crippen LogP contribution in [0.5, 0.6) is 0 Å². The van der Waals surface area contributed by atoms with Crippen LogP contribution in [0.1, 0.15) is 32.1 Å². The highest BCUT2D eigenvalue weighted by Crippen LogP contribution is 2.28. The van der Waals surface area contributed by atoms with Crippen molar-refractivity contribution in [3.8, 4) is 5.69 Å². The number of hydrogen-bond donors (Lipinski definition) is 0. The summed E-state index contributed by atoms with van der Waals surface area (Å²) in [7, 11) is 0. The van der Waals surface area contributed by atoms with E-state index in [0.29, 0.717) is 5.69 Å². The highest BCUT2D eigenvalue weighted by molar-refractivity contribution is 6.27. The van der Waals surface area contributed by atoms with E-state index >= 15 is 0 Å². The molecule has 0 N–H and O–H groups in total. The average Bonchev–Trinajstić information content (AvgIpc) is 3.05. The molecule has 0 fully saturated rings. The maximum Gasteiger partial charge on any atom is 0.271 e. The van der Waals surface area contributed by atoms with Crippen molar-refractivity contribution >= 4 is 17.3 Å². The van der Waals surface area contributed by atoms with E-state index in [2.05, 4.69) is 10.3 Å². The van der Waals surface area contributed by atoms with Crippen LogP contribution >= 0.6 is 0 Å². The molecule has 0 saturated heterocycles. The maximum atomic E-state index is 12.7. The molecular formula is C16H8N4O4. The zero-order valence-electron chi connectivity index (χ0n) is 12.0. The van der Waals surface area contributed by atoms with Crippen molar-refractivity contribution in [3.63, 3.8) is 0 Å². The van der Waals surface area contributed by atoms with Gasteiger partial charge in [-0.25, -0.2) is 4.68 Å². The van der Waals surface area contributed by atoms with E-state index < -0.39 is 16.5 Å². The summed E-state index contributed by atoms with van der Waals surface area (Å²) in [5.74, 6) is -0.784. The van der Waals surface area contributed by atoms with E-state index in [-0.39, 0.29) is 28.2 Å². The fraction of sp³-hybridized carbons (Fsp3) is 0. The molecule has 0 atom stereocenters. The van der Waals surface area contributed by atoms with Crippen LogP contribution < -0.4 is 0 Å². The minimum absolute atomic E-state index is 0.0131. The van der Waals surface area contributed by atoms with E-state index in [4.69, 9.17) is 0 Å². The SMILES string of the molecule is O=C1c2ccccc2C(=O)c2c1nnn2-c1cccc([N+](=O)[O-])c1. The van der Waals surface area contributed by atoms with E-state index in [9.17, 15) is 19.7 Å². The molecule has 2 aromatic carbocycles. The molecule has 1 aliphatic rings. The molecule has 8 heteroatoms. The number of rotatable bonds is 2. The molecule has 0 amide bonds. The third-order valence-electron chi connectivity index (χ3n) is 3.80. The predicted octanol–water partition coefficient (Wildman–Crippen LogP) is 1.95. The molecule has 8 nitrogen and oxygen atoms in total. The van der Waals surface area contributed by atoms with Crippen LogP contribution in [0.15, 0.2) is 48.5 Å². The van der Waals surface area contributed by atoms with Crippen molar-refractivity contribution in [2.75, 3.05) is 0 Å². The van der Waals surface area contributed by atoms with E-state index in [1.54, 1.807) is 30.3 Å². The molecule has 0 unspecified atom stereocenters. The number of non-ortho nitro benzene ring substituents is 1. The first-order chi connectivity index (χ1) is 11.6. The second kappa shape index (κ2) is 4.92. The van der Waals surface area contributed by atoms with Crippen LogP contribution in [0, 0.1) is 10.1 Å². The van der Waals surface area contributed by atoms with Crippen molar-refractivity contribution < 1.29 is 14.5 Å². The average molecular weight is 320 g/mol. The standard InChI is InChI=1S/C16H8N4O4/c21-15-11-6-1-2-7-12(11)16(22)14-13(15)17-18-19(14)9-4-3-5-10(8-9)20(23)24/h1-8H. The number of nitro groups is 1. The summed E-state index contributed by atoms with van der Waals surface area (Å²) in [4.78, 5) is 35.6. The summed E-state index contributed by atoms with van der Waals surface area (Å²) in [6.45, 7) is 0. The first kappa shape index (κ1) is 13.9. The van der Waals surface area contributed by atoms with E-state index in [1.807, 2.05) is 0 Å². The van der Waals surface area contributed by atoms with Gasteiger partial charge in [0.1, 0.15) is 5.69 Å². The highest BCUT2D eigenvalue weighted by Gasteiger charge is 2.35. The Kier molecular flexibility index (Phi) is 2.86. The molecule has 1 heterocycles. The second-order valence-corrected chi connectivity index (χ2v) is 5.18. The number of nitro benzene ring substituents is 1. The second-order valence-electron chi connectivity index (χ2n) is 5.18. The minimum atomic E-state index is -0.546. The quantitative estimate of drug-likeness (QED) is 0.412. The molecule has 0 bridgehead atoms. The Bertz CT molecular complexity index is 1040. The molecule has 24 heavy (non-hydrogen) atoms. The molecule has 0 aliphatic heterocycles. The van der Waals surface area contributed by atoms with Gasteiger partial charge >= 0.3 is 0 Å². The van der Waals surface area contributed by atoms with E-state index in [0.717, 1.165) is 0 Å². The first-order valence-corrected chi connectivity index (χ1v) is 6.97. The van der Waals surface area contributed by atoms with Crippen LogP contribution in [0.4, 0.5) is 5.69 Å². The Balaban J connectivity index is 1.92. The molecule has 0 saturated carbocycles. The summed E-state index contributed by atoms with van der Waals surface area (Å²) in [5.41, 5.74) is 0.652. The molecule has 1 aliphatic carbocycles. The normalized spacial score (nSPS) is 12.7. The summed E-state index contributed by atoms with van der Waals surface area (Å²) < 4.78 is 1.17. The Morgan fingerprint density at radius 2 is 1.67 bits per heavy atom. The molecule has 1 aromatic heterocycles. The summed E-state index contributed by atoms with van der Waals surface area (Å²) in [6, 6.07) is 12.1. The van der Waals surface area contributed by atoms with Gasteiger partial charge in [0.15, 0.2) is 5.69 Å². The number of fused-ring (bicyclic) bond motifs is 2. The highest BCUT2D eigenvalue weighted by atomic mass is 16.6. The van der Waals surface area contributed by atoms with E-state index in [1.165, 1.54) is 22.9 Å². The van der Waals surface area contributed by atoms with Crippen molar-refractivity contribution in [1.82, 2.24) is 15.0 Å². The molecule has 116 valence electrons. The van der Waals surface area contributed by atoms with Gasteiger partial charge in [-0.15, -0.1) is 5.10 Å². The molecule has 3 aromatic rings. The molecule has 4 rings (SSSR count). The van der Waals surface area contributed by atoms with Crippen molar-refractivity contribution in [2.24, 2.45) is 0 Å². The zero-order chi connectivity index (χ0) is 16.8. The lowest BCUT2D eigenvalue weighted by Crippen LogP contribution is -2.23. The van der Waals surface area contributed by atoms with Crippen LogP contribution in [-0.4, -0.2) is 31.5 Å². The Labute approximate surface area is 134 Å². The minimum Gasteiger partial charge on any atom is -0.287 e. The smallest absolute Gasteiger partial charge is 0.271 e. The molecule has 0 radical (unpaired) electrons. The number of hydrogen-bond acceptors (Lipinski definition) is 6. The first-order valence-electron chi connectivity index (χ1n) is 6.97. The van der Waals surface area contributed by atoms with Crippen LogP contribution in [0.2, 0.25) is 0 Å². The van der Waals surface area contributed by atoms with Crippen LogP contribution in [0.3, 0.4) is 0 Å². The topological polar surface area (TPSA) is 108 Å². The summed E-state index contributed by atoms with van der Waals surface area (Å²) in [6.07, 6.45) is 0. The lowest BCUT2D eigenvalue weighted by Gasteiger charge is -2.14. The van der Waals surface area contributed by atoms with Crippen LogP contribution in [-0.2, 0) is 0 Å². The number of benzene rings is 2. The van der Waals surface area contributed by atoms with Gasteiger partial charge in [0.25, 0.3) is 5.69 Å². The maximum absolute atomic E-state index is 12.7. The molecule has 0 spiro atoms. The number of carbonyl (C=O) groups excluding carboxylic acids is 2. The van der Waals surface area contributed by atoms with Gasteiger partial charge in [0, 0.05) is 23.3 Å².